The molecular weight excluding hydrogens is 427 g/mol. The summed E-state index contributed by atoms with van der Waals surface area (Å²) in [5.74, 6) is 1.24. The lowest BCUT2D eigenvalue weighted by atomic mass is 10.1. The number of rotatable bonds is 7. The molecule has 1 aromatic heterocycles. The number of aromatic nitrogens is 3. The van der Waals surface area contributed by atoms with Gasteiger partial charge in [-0.15, -0.1) is 10.2 Å². The van der Waals surface area contributed by atoms with E-state index in [0.29, 0.717) is 27.9 Å². The zero-order valence-electron chi connectivity index (χ0n) is 16.4. The molecule has 1 atom stereocenters. The van der Waals surface area contributed by atoms with Gasteiger partial charge in [-0.2, -0.15) is 0 Å². The van der Waals surface area contributed by atoms with Crippen LogP contribution in [0.4, 0.5) is 0 Å². The van der Waals surface area contributed by atoms with Gasteiger partial charge in [0.05, 0.1) is 6.04 Å². The van der Waals surface area contributed by atoms with Crippen LogP contribution in [0.2, 0.25) is 10.0 Å². The van der Waals surface area contributed by atoms with Crippen LogP contribution in [-0.2, 0) is 12.3 Å². The molecule has 5 nitrogen and oxygen atoms in total. The van der Waals surface area contributed by atoms with Crippen molar-refractivity contribution < 1.29 is 4.79 Å². The molecule has 29 heavy (non-hydrogen) atoms. The second-order valence-electron chi connectivity index (χ2n) is 6.67. The summed E-state index contributed by atoms with van der Waals surface area (Å²) in [7, 11) is 0. The molecule has 0 aliphatic heterocycles. The highest BCUT2D eigenvalue weighted by Crippen LogP contribution is 2.29. The molecule has 8 heteroatoms. The second-order valence-corrected chi connectivity index (χ2v) is 8.46. The first-order chi connectivity index (χ1) is 13.9. The van der Waals surface area contributed by atoms with Crippen LogP contribution in [0, 0.1) is 6.92 Å². The molecular formula is C21H22Cl2N4OS. The van der Waals surface area contributed by atoms with E-state index in [1.165, 1.54) is 0 Å². The maximum Gasteiger partial charge on any atom is 0.251 e. The van der Waals surface area contributed by atoms with Gasteiger partial charge in [0, 0.05) is 27.9 Å². The van der Waals surface area contributed by atoms with Gasteiger partial charge in [0.1, 0.15) is 0 Å². The predicted octanol–water partition coefficient (Wildman–Crippen LogP) is 5.70. The van der Waals surface area contributed by atoms with Gasteiger partial charge in [-0.25, -0.2) is 0 Å². The molecule has 0 fully saturated rings. The van der Waals surface area contributed by atoms with E-state index in [9.17, 15) is 4.79 Å². The van der Waals surface area contributed by atoms with Gasteiger partial charge in [-0.05, 0) is 50.6 Å². The normalized spacial score (nSPS) is 12.0. The highest BCUT2D eigenvalue weighted by molar-refractivity contribution is 7.98. The summed E-state index contributed by atoms with van der Waals surface area (Å²) in [6, 6.07) is 12.7. The lowest BCUT2D eigenvalue weighted by molar-refractivity contribution is 0.0937. The van der Waals surface area contributed by atoms with Gasteiger partial charge in [0.15, 0.2) is 11.0 Å². The van der Waals surface area contributed by atoms with Crippen LogP contribution in [0.3, 0.4) is 0 Å². The Morgan fingerprint density at radius 3 is 2.69 bits per heavy atom. The molecule has 0 aliphatic rings. The molecule has 0 radical (unpaired) electrons. The molecule has 0 aliphatic carbocycles. The van der Waals surface area contributed by atoms with Crippen molar-refractivity contribution in [1.29, 1.82) is 0 Å². The van der Waals surface area contributed by atoms with Gasteiger partial charge in [-0.3, -0.25) is 4.79 Å². The fourth-order valence-electron chi connectivity index (χ4n) is 2.94. The van der Waals surface area contributed by atoms with Crippen LogP contribution in [0.25, 0.3) is 0 Å². The number of nitrogens with zero attached hydrogens (tertiary/aromatic N) is 3. The Labute approximate surface area is 184 Å². The minimum atomic E-state index is -0.274. The van der Waals surface area contributed by atoms with E-state index in [1.807, 2.05) is 55.7 Å². The molecule has 1 N–H and O–H groups in total. The molecule has 0 saturated carbocycles. The molecule has 3 aromatic rings. The summed E-state index contributed by atoms with van der Waals surface area (Å²) in [6.45, 7) is 6.60. The van der Waals surface area contributed by atoms with E-state index in [4.69, 9.17) is 23.2 Å². The largest absolute Gasteiger partial charge is 0.342 e. The molecule has 1 amide bonds. The molecule has 1 heterocycles. The third kappa shape index (κ3) is 5.32. The number of carbonyl (C=O) groups is 1. The average molecular weight is 449 g/mol. The molecule has 2 aromatic carbocycles. The molecule has 0 saturated heterocycles. The fraction of sp³-hybridized carbons (Fsp3) is 0.286. The minimum absolute atomic E-state index is 0.131. The Morgan fingerprint density at radius 2 is 2.00 bits per heavy atom. The van der Waals surface area contributed by atoms with Crippen LogP contribution in [-0.4, -0.2) is 20.7 Å². The number of hydrogen-bond donors (Lipinski definition) is 1. The molecule has 3 rings (SSSR count). The number of nitrogens with one attached hydrogen (secondary N) is 1. The monoisotopic (exact) mass is 448 g/mol. The van der Waals surface area contributed by atoms with Crippen LogP contribution in [0.5, 0.6) is 0 Å². The maximum absolute atomic E-state index is 12.6. The first-order valence-electron chi connectivity index (χ1n) is 9.26. The third-order valence-corrected chi connectivity index (χ3v) is 6.05. The number of amides is 1. The Hall–Kier alpha value is -2.02. The van der Waals surface area contributed by atoms with Crippen molar-refractivity contribution in [2.45, 2.75) is 44.3 Å². The summed E-state index contributed by atoms with van der Waals surface area (Å²) in [5.41, 5.74) is 2.65. The summed E-state index contributed by atoms with van der Waals surface area (Å²) < 4.78 is 2.01. The summed E-state index contributed by atoms with van der Waals surface area (Å²) in [4.78, 5) is 12.6. The Bertz CT molecular complexity index is 1020. The fourth-order valence-corrected chi connectivity index (χ4v) is 4.50. The Balaban J connectivity index is 1.72. The lowest BCUT2D eigenvalue weighted by Gasteiger charge is -2.15. The Kier molecular flexibility index (Phi) is 7.22. The predicted molar refractivity (Wildman–Crippen MR) is 119 cm³/mol. The first-order valence-corrected chi connectivity index (χ1v) is 11.0. The zero-order chi connectivity index (χ0) is 21.0. The SMILES string of the molecule is CCn1c(SCc2ccc(Cl)cc2Cl)nnc1C(C)NC(=O)c1cccc(C)c1. The molecule has 0 spiro atoms. The van der Waals surface area contributed by atoms with Crippen LogP contribution in [0.15, 0.2) is 47.6 Å². The molecule has 0 bridgehead atoms. The van der Waals surface area contributed by atoms with Gasteiger partial charge >= 0.3 is 0 Å². The highest BCUT2D eigenvalue weighted by atomic mass is 35.5. The van der Waals surface area contributed by atoms with E-state index in [2.05, 4.69) is 15.5 Å². The molecule has 1 unspecified atom stereocenters. The van der Waals surface area contributed by atoms with Crippen molar-refractivity contribution in [3.8, 4) is 0 Å². The number of aryl methyl sites for hydroxylation is 1. The van der Waals surface area contributed by atoms with Crippen LogP contribution < -0.4 is 5.32 Å². The van der Waals surface area contributed by atoms with Crippen LogP contribution in [0.1, 0.15) is 47.2 Å². The van der Waals surface area contributed by atoms with Crippen molar-refractivity contribution in [3.63, 3.8) is 0 Å². The number of halogens is 2. The first kappa shape index (κ1) is 21.7. The van der Waals surface area contributed by atoms with Crippen LogP contribution >= 0.6 is 35.0 Å². The van der Waals surface area contributed by atoms with E-state index >= 15 is 0 Å². The highest BCUT2D eigenvalue weighted by Gasteiger charge is 2.20. The number of carbonyl (C=O) groups excluding carboxylic acids is 1. The zero-order valence-corrected chi connectivity index (χ0v) is 18.8. The van der Waals surface area contributed by atoms with Crippen molar-refractivity contribution in [1.82, 2.24) is 20.1 Å². The van der Waals surface area contributed by atoms with Crippen molar-refractivity contribution in [2.24, 2.45) is 0 Å². The van der Waals surface area contributed by atoms with E-state index in [1.54, 1.807) is 23.9 Å². The summed E-state index contributed by atoms with van der Waals surface area (Å²) in [6.07, 6.45) is 0. The third-order valence-electron chi connectivity index (χ3n) is 4.45. The van der Waals surface area contributed by atoms with E-state index in [-0.39, 0.29) is 11.9 Å². The standard InChI is InChI=1S/C21H22Cl2N4OS/c1-4-27-19(14(3)24-20(28)15-7-5-6-13(2)10-15)25-26-21(27)29-12-16-8-9-17(22)11-18(16)23/h5-11,14H,4,12H2,1-3H3,(H,24,28). The minimum Gasteiger partial charge on any atom is -0.342 e. The van der Waals surface area contributed by atoms with Crippen molar-refractivity contribution in [2.75, 3.05) is 0 Å². The second kappa shape index (κ2) is 9.65. The number of hydrogen-bond acceptors (Lipinski definition) is 4. The lowest BCUT2D eigenvalue weighted by Crippen LogP contribution is -2.28. The average Bonchev–Trinajstić information content (AvgIpc) is 3.10. The summed E-state index contributed by atoms with van der Waals surface area (Å²) >= 11 is 13.8. The van der Waals surface area contributed by atoms with E-state index in [0.717, 1.165) is 22.1 Å². The van der Waals surface area contributed by atoms with Gasteiger partial charge < -0.3 is 9.88 Å². The van der Waals surface area contributed by atoms with Crippen molar-refractivity contribution in [3.05, 3.63) is 75.0 Å². The van der Waals surface area contributed by atoms with Gasteiger partial charge in [0.25, 0.3) is 5.91 Å². The topological polar surface area (TPSA) is 59.8 Å². The smallest absolute Gasteiger partial charge is 0.251 e. The van der Waals surface area contributed by atoms with Crippen molar-refractivity contribution >= 4 is 40.9 Å². The quantitative estimate of drug-likeness (QED) is 0.471. The van der Waals surface area contributed by atoms with Gasteiger partial charge in [0.2, 0.25) is 0 Å². The van der Waals surface area contributed by atoms with Gasteiger partial charge in [-0.1, -0.05) is 58.7 Å². The van der Waals surface area contributed by atoms with E-state index < -0.39 is 0 Å². The number of benzene rings is 2. The Morgan fingerprint density at radius 1 is 1.21 bits per heavy atom. The number of thioether (sulfide) groups is 1. The summed E-state index contributed by atoms with van der Waals surface area (Å²) in [5, 5.41) is 13.7. The maximum atomic E-state index is 12.6. The molecule has 152 valence electrons.